The van der Waals surface area contributed by atoms with Crippen molar-refractivity contribution in [1.82, 2.24) is 4.31 Å². The predicted octanol–water partition coefficient (Wildman–Crippen LogP) is 2.59. The normalized spacial score (nSPS) is 19.2. The summed E-state index contributed by atoms with van der Waals surface area (Å²) in [5.74, 6) is -0.785. The van der Waals surface area contributed by atoms with Gasteiger partial charge in [-0.3, -0.25) is 4.79 Å². The zero-order valence-electron chi connectivity index (χ0n) is 18.6. The number of aryl methyl sites for hydroxylation is 3. The number of sulfonamides is 1. The van der Waals surface area contributed by atoms with Crippen molar-refractivity contribution in [3.8, 4) is 0 Å². The van der Waals surface area contributed by atoms with Gasteiger partial charge in [0.1, 0.15) is 18.2 Å². The molecule has 8 nitrogen and oxygen atoms in total. The summed E-state index contributed by atoms with van der Waals surface area (Å²) in [5, 5.41) is 10.8. The van der Waals surface area contributed by atoms with Crippen LogP contribution in [0.25, 0.3) is 11.0 Å². The molecule has 0 amide bonds. The second-order valence-electron chi connectivity index (χ2n) is 8.42. The number of aliphatic hydroxyl groups is 1. The predicted molar refractivity (Wildman–Crippen MR) is 121 cm³/mol. The second-order valence-corrected chi connectivity index (χ2v) is 10.3. The lowest BCUT2D eigenvalue weighted by Crippen LogP contribution is -2.41. The minimum absolute atomic E-state index is 0.0551. The Labute approximate surface area is 191 Å². The van der Waals surface area contributed by atoms with Crippen LogP contribution in [0.1, 0.15) is 28.7 Å². The Kier molecular flexibility index (Phi) is 6.13. The van der Waals surface area contributed by atoms with E-state index in [2.05, 4.69) is 0 Å². The summed E-state index contributed by atoms with van der Waals surface area (Å²) in [7, 11) is -4.03. The number of hydrogen-bond donors (Lipinski definition) is 1. The first-order valence-electron chi connectivity index (χ1n) is 10.5. The van der Waals surface area contributed by atoms with Gasteiger partial charge in [0.25, 0.3) is 0 Å². The molecule has 0 aliphatic carbocycles. The number of fused-ring (bicyclic) bond motifs is 1. The number of carbonyl (C=O) groups is 1. The monoisotopic (exact) mass is 471 g/mol. The number of nitrogens with zero attached hydrogens (tertiary/aromatic N) is 1. The van der Waals surface area contributed by atoms with E-state index in [1.165, 1.54) is 12.1 Å². The third-order valence-electron chi connectivity index (χ3n) is 5.95. The molecule has 2 aromatic carbocycles. The molecule has 2 heterocycles. The van der Waals surface area contributed by atoms with E-state index in [0.717, 1.165) is 21.0 Å². The van der Waals surface area contributed by atoms with Crippen LogP contribution in [0.4, 0.5) is 0 Å². The molecule has 1 aromatic heterocycles. The van der Waals surface area contributed by atoms with Crippen molar-refractivity contribution in [2.24, 2.45) is 0 Å². The lowest BCUT2D eigenvalue weighted by molar-refractivity contribution is -0.148. The van der Waals surface area contributed by atoms with Crippen LogP contribution >= 0.6 is 0 Å². The van der Waals surface area contributed by atoms with Gasteiger partial charge >= 0.3 is 11.6 Å². The average molecular weight is 472 g/mol. The molecule has 1 fully saturated rings. The first kappa shape index (κ1) is 23.2. The maximum atomic E-state index is 13.2. The minimum Gasteiger partial charge on any atom is -0.460 e. The smallest absolute Gasteiger partial charge is 0.336 e. The zero-order valence-corrected chi connectivity index (χ0v) is 19.4. The summed E-state index contributed by atoms with van der Waals surface area (Å²) in [5.41, 5.74) is 2.92. The lowest BCUT2D eigenvalue weighted by atomic mass is 10.1. The fraction of sp³-hybridized carbons (Fsp3) is 0.333. The van der Waals surface area contributed by atoms with Crippen molar-refractivity contribution in [1.29, 1.82) is 0 Å². The van der Waals surface area contributed by atoms with Crippen molar-refractivity contribution in [3.63, 3.8) is 0 Å². The van der Waals surface area contributed by atoms with Gasteiger partial charge in [0.2, 0.25) is 10.0 Å². The molecule has 0 radical (unpaired) electrons. The van der Waals surface area contributed by atoms with Crippen LogP contribution in [-0.4, -0.2) is 42.5 Å². The zero-order chi connectivity index (χ0) is 23.9. The van der Waals surface area contributed by atoms with Crippen LogP contribution in [0.3, 0.4) is 0 Å². The minimum atomic E-state index is -4.03. The summed E-state index contributed by atoms with van der Waals surface area (Å²) in [6.45, 7) is 5.12. The summed E-state index contributed by atoms with van der Waals surface area (Å²) < 4.78 is 38.1. The van der Waals surface area contributed by atoms with Gasteiger partial charge in [-0.25, -0.2) is 13.2 Å². The molecule has 2 atom stereocenters. The fourth-order valence-corrected chi connectivity index (χ4v) is 5.69. The van der Waals surface area contributed by atoms with Gasteiger partial charge in [-0.15, -0.1) is 0 Å². The Hall–Kier alpha value is -3.01. The molecule has 33 heavy (non-hydrogen) atoms. The van der Waals surface area contributed by atoms with E-state index in [1.807, 2.05) is 19.9 Å². The van der Waals surface area contributed by atoms with E-state index in [4.69, 9.17) is 9.15 Å². The number of benzene rings is 2. The molecule has 1 unspecified atom stereocenters. The Balaban J connectivity index is 1.58. The lowest BCUT2D eigenvalue weighted by Gasteiger charge is -2.23. The molecule has 4 rings (SSSR count). The van der Waals surface area contributed by atoms with Crippen LogP contribution in [0, 0.1) is 20.8 Å². The van der Waals surface area contributed by atoms with Crippen LogP contribution in [0.5, 0.6) is 0 Å². The Bertz CT molecular complexity index is 1390. The van der Waals surface area contributed by atoms with Crippen molar-refractivity contribution in [2.75, 3.05) is 6.54 Å². The summed E-state index contributed by atoms with van der Waals surface area (Å²) in [6.07, 6.45) is -1.06. The Morgan fingerprint density at radius 3 is 2.61 bits per heavy atom. The van der Waals surface area contributed by atoms with E-state index < -0.39 is 33.8 Å². The van der Waals surface area contributed by atoms with Gasteiger partial charge in [0, 0.05) is 30.0 Å². The standard InChI is InChI=1S/C24H25NO7S/c1-14-4-7-20-17(10-23(27)32-22(20)8-14)13-31-24(28)21-11-18(26)12-25(21)33(29,30)19-6-5-15(2)16(3)9-19/h4-10,18,21,26H,11-13H2,1-3H3/t18?,21-/m0/s1. The van der Waals surface area contributed by atoms with Crippen molar-refractivity contribution in [3.05, 3.63) is 75.1 Å². The highest BCUT2D eigenvalue weighted by atomic mass is 32.2. The van der Waals surface area contributed by atoms with E-state index in [0.29, 0.717) is 16.5 Å². The number of carbonyl (C=O) groups excluding carboxylic acids is 1. The molecule has 9 heteroatoms. The van der Waals surface area contributed by atoms with Gasteiger partial charge in [-0.05, 0) is 55.7 Å². The van der Waals surface area contributed by atoms with Crippen molar-refractivity contribution in [2.45, 2.75) is 50.8 Å². The van der Waals surface area contributed by atoms with E-state index in [-0.39, 0.29) is 24.5 Å². The molecule has 0 saturated carbocycles. The molecular weight excluding hydrogens is 446 g/mol. The second kappa shape index (κ2) is 8.74. The van der Waals surface area contributed by atoms with Gasteiger partial charge in [-0.1, -0.05) is 18.2 Å². The largest absolute Gasteiger partial charge is 0.460 e. The van der Waals surface area contributed by atoms with Gasteiger partial charge in [0.15, 0.2) is 0 Å². The van der Waals surface area contributed by atoms with Crippen molar-refractivity contribution < 1.29 is 27.5 Å². The first-order chi connectivity index (χ1) is 15.6. The highest BCUT2D eigenvalue weighted by Crippen LogP contribution is 2.29. The van der Waals surface area contributed by atoms with Crippen LogP contribution in [0.15, 0.2) is 56.6 Å². The molecular formula is C24H25NO7S. The quantitative estimate of drug-likeness (QED) is 0.449. The van der Waals surface area contributed by atoms with Gasteiger partial charge < -0.3 is 14.3 Å². The SMILES string of the molecule is Cc1ccc2c(COC(=O)[C@@H]3CC(O)CN3S(=O)(=O)c3ccc(C)c(C)c3)cc(=O)oc2c1. The van der Waals surface area contributed by atoms with Gasteiger partial charge in [-0.2, -0.15) is 4.31 Å². The topological polar surface area (TPSA) is 114 Å². The Morgan fingerprint density at radius 2 is 1.88 bits per heavy atom. The molecule has 0 spiro atoms. The molecule has 1 aliphatic heterocycles. The van der Waals surface area contributed by atoms with Crippen molar-refractivity contribution >= 4 is 27.0 Å². The number of rotatable bonds is 5. The highest BCUT2D eigenvalue weighted by Gasteiger charge is 2.44. The fourth-order valence-electron chi connectivity index (χ4n) is 3.98. The van der Waals surface area contributed by atoms with Crippen LogP contribution in [0.2, 0.25) is 0 Å². The van der Waals surface area contributed by atoms with Gasteiger partial charge in [0.05, 0.1) is 11.0 Å². The third-order valence-corrected chi connectivity index (χ3v) is 7.82. The summed E-state index contributed by atoms with van der Waals surface area (Å²) in [4.78, 5) is 24.9. The van der Waals surface area contributed by atoms with Crippen LogP contribution in [-0.2, 0) is 26.2 Å². The highest BCUT2D eigenvalue weighted by molar-refractivity contribution is 7.89. The molecule has 174 valence electrons. The first-order valence-corrected chi connectivity index (χ1v) is 12.0. The molecule has 1 saturated heterocycles. The number of ether oxygens (including phenoxy) is 1. The molecule has 0 bridgehead atoms. The van der Waals surface area contributed by atoms with E-state index in [1.54, 1.807) is 31.2 Å². The third kappa shape index (κ3) is 4.57. The maximum Gasteiger partial charge on any atom is 0.336 e. The number of esters is 1. The Morgan fingerprint density at radius 1 is 1.12 bits per heavy atom. The molecule has 1 N–H and O–H groups in total. The maximum absolute atomic E-state index is 13.2. The summed E-state index contributed by atoms with van der Waals surface area (Å²) in [6, 6.07) is 10.2. The number of β-amino-alcohol motifs (C(OH)–C–C–N with tert-alkyl or cyclic N) is 1. The average Bonchev–Trinajstić information content (AvgIpc) is 3.16. The number of hydrogen-bond acceptors (Lipinski definition) is 7. The van der Waals surface area contributed by atoms with Crippen LogP contribution < -0.4 is 5.63 Å². The number of aliphatic hydroxyl groups excluding tert-OH is 1. The van der Waals surface area contributed by atoms with E-state index >= 15 is 0 Å². The molecule has 3 aromatic rings. The summed E-state index contributed by atoms with van der Waals surface area (Å²) >= 11 is 0. The molecule has 1 aliphatic rings. The van der Waals surface area contributed by atoms with E-state index in [9.17, 15) is 23.1 Å².